The predicted octanol–water partition coefficient (Wildman–Crippen LogP) is 1.03. The van der Waals surface area contributed by atoms with Crippen LogP contribution in [0, 0.1) is 0 Å². The minimum absolute atomic E-state index is 0.285. The number of carbonyl (C=O) groups is 1. The number of hydrogen-bond acceptors (Lipinski definition) is 4. The summed E-state index contributed by atoms with van der Waals surface area (Å²) in [6.07, 6.45) is 1.30. The van der Waals surface area contributed by atoms with Crippen molar-refractivity contribution in [2.24, 2.45) is 0 Å². The number of carbonyl (C=O) groups excluding carboxylic acids is 1. The van der Waals surface area contributed by atoms with Crippen LogP contribution in [0.1, 0.15) is 0 Å². The number of nitrogens with zero attached hydrogens (tertiary/aromatic N) is 2. The molecule has 7 heteroatoms. The van der Waals surface area contributed by atoms with E-state index in [1.165, 1.54) is 6.33 Å². The zero-order valence-electron chi connectivity index (χ0n) is 8.27. The summed E-state index contributed by atoms with van der Waals surface area (Å²) in [7, 11) is 0. The maximum absolute atomic E-state index is 11.4. The molecule has 1 heterocycles. The van der Waals surface area contributed by atoms with Crippen LogP contribution in [0.5, 0.6) is 0 Å². The van der Waals surface area contributed by atoms with Crippen molar-refractivity contribution in [3.8, 4) is 0 Å². The van der Waals surface area contributed by atoms with E-state index in [4.69, 9.17) is 5.73 Å². The van der Waals surface area contributed by atoms with Gasteiger partial charge in [-0.25, -0.2) is 9.89 Å². The van der Waals surface area contributed by atoms with E-state index < -0.39 is 6.03 Å². The Bertz CT molecular complexity index is 463. The second-order valence-corrected chi connectivity index (χ2v) is 3.04. The van der Waals surface area contributed by atoms with E-state index >= 15 is 0 Å². The van der Waals surface area contributed by atoms with Gasteiger partial charge in [-0.1, -0.05) is 0 Å². The molecule has 0 saturated carbocycles. The van der Waals surface area contributed by atoms with Crippen molar-refractivity contribution in [3.05, 3.63) is 30.6 Å². The van der Waals surface area contributed by atoms with Crippen molar-refractivity contribution in [3.63, 3.8) is 0 Å². The number of nitrogens with one attached hydrogen (secondary N) is 3. The number of aromatic amines is 1. The fourth-order valence-electron chi connectivity index (χ4n) is 1.10. The van der Waals surface area contributed by atoms with Crippen LogP contribution < -0.4 is 16.4 Å². The lowest BCUT2D eigenvalue weighted by Crippen LogP contribution is -2.20. The molecule has 0 aliphatic rings. The van der Waals surface area contributed by atoms with Crippen LogP contribution in [0.3, 0.4) is 0 Å². The third kappa shape index (κ3) is 2.47. The highest BCUT2D eigenvalue weighted by Gasteiger charge is 2.03. The van der Waals surface area contributed by atoms with Gasteiger partial charge < -0.3 is 11.1 Å². The van der Waals surface area contributed by atoms with Crippen molar-refractivity contribution in [2.45, 2.75) is 0 Å². The van der Waals surface area contributed by atoms with Gasteiger partial charge in [0.05, 0.1) is 0 Å². The van der Waals surface area contributed by atoms with Crippen LogP contribution in [-0.4, -0.2) is 21.2 Å². The van der Waals surface area contributed by atoms with E-state index in [0.717, 1.165) is 0 Å². The molecule has 0 aliphatic carbocycles. The fraction of sp³-hybridized carbons (Fsp3) is 0. The van der Waals surface area contributed by atoms with Crippen molar-refractivity contribution in [1.82, 2.24) is 15.2 Å². The Balaban J connectivity index is 1.95. The fourth-order valence-corrected chi connectivity index (χ4v) is 1.10. The molecule has 0 atom stereocenters. The van der Waals surface area contributed by atoms with Gasteiger partial charge in [0.15, 0.2) is 0 Å². The second-order valence-electron chi connectivity index (χ2n) is 3.04. The SMILES string of the molecule is Nc1ccc(NC(=O)Nc2ncn[nH]2)cc1. The Kier molecular flexibility index (Phi) is 2.68. The molecule has 2 amide bonds. The van der Waals surface area contributed by atoms with Gasteiger partial charge in [0.1, 0.15) is 6.33 Å². The number of H-pyrrole nitrogens is 1. The number of anilines is 3. The average Bonchev–Trinajstić information content (AvgIpc) is 2.74. The quantitative estimate of drug-likeness (QED) is 0.564. The molecule has 82 valence electrons. The number of nitrogens with two attached hydrogens (primary N) is 1. The number of rotatable bonds is 2. The van der Waals surface area contributed by atoms with Crippen LogP contribution in [-0.2, 0) is 0 Å². The molecule has 0 unspecified atom stereocenters. The van der Waals surface area contributed by atoms with Gasteiger partial charge in [-0.3, -0.25) is 5.32 Å². The van der Waals surface area contributed by atoms with Crippen LogP contribution >= 0.6 is 0 Å². The lowest BCUT2D eigenvalue weighted by atomic mass is 10.3. The third-order valence-corrected chi connectivity index (χ3v) is 1.82. The normalized spacial score (nSPS) is 9.75. The van der Waals surface area contributed by atoms with Crippen molar-refractivity contribution in [2.75, 3.05) is 16.4 Å². The van der Waals surface area contributed by atoms with E-state index in [9.17, 15) is 4.79 Å². The summed E-state index contributed by atoms with van der Waals surface area (Å²) in [6.45, 7) is 0. The monoisotopic (exact) mass is 218 g/mol. The highest BCUT2D eigenvalue weighted by atomic mass is 16.2. The zero-order valence-corrected chi connectivity index (χ0v) is 8.27. The maximum Gasteiger partial charge on any atom is 0.326 e. The van der Waals surface area contributed by atoms with E-state index in [1.54, 1.807) is 24.3 Å². The summed E-state index contributed by atoms with van der Waals surface area (Å²) in [5.74, 6) is 0.285. The number of urea groups is 1. The molecule has 0 saturated heterocycles. The standard InChI is InChI=1S/C9H10N6O/c10-6-1-3-7(4-2-6)13-9(16)14-8-11-5-12-15-8/h1-5H,10H2,(H3,11,12,13,14,15,16). The molecule has 0 fully saturated rings. The van der Waals surface area contributed by atoms with E-state index in [2.05, 4.69) is 25.8 Å². The van der Waals surface area contributed by atoms with Gasteiger partial charge in [-0.15, -0.1) is 0 Å². The van der Waals surface area contributed by atoms with E-state index in [0.29, 0.717) is 11.4 Å². The summed E-state index contributed by atoms with van der Waals surface area (Å²) < 4.78 is 0. The maximum atomic E-state index is 11.4. The predicted molar refractivity (Wildman–Crippen MR) is 59.9 cm³/mol. The average molecular weight is 218 g/mol. The molecule has 0 spiro atoms. The summed E-state index contributed by atoms with van der Waals surface area (Å²) >= 11 is 0. The molecule has 16 heavy (non-hydrogen) atoms. The van der Waals surface area contributed by atoms with Gasteiger partial charge in [0.2, 0.25) is 5.95 Å². The molecule has 1 aromatic carbocycles. The van der Waals surface area contributed by atoms with Gasteiger partial charge in [0, 0.05) is 11.4 Å². The van der Waals surface area contributed by atoms with Gasteiger partial charge in [-0.2, -0.15) is 10.1 Å². The summed E-state index contributed by atoms with van der Waals surface area (Å²) in [4.78, 5) is 15.2. The van der Waals surface area contributed by atoms with Gasteiger partial charge in [-0.05, 0) is 24.3 Å². The Morgan fingerprint density at radius 1 is 1.25 bits per heavy atom. The minimum atomic E-state index is -0.401. The molecule has 5 N–H and O–H groups in total. The van der Waals surface area contributed by atoms with Crippen LogP contribution in [0.15, 0.2) is 30.6 Å². The van der Waals surface area contributed by atoms with E-state index in [-0.39, 0.29) is 5.95 Å². The molecular weight excluding hydrogens is 208 g/mol. The van der Waals surface area contributed by atoms with Gasteiger partial charge >= 0.3 is 6.03 Å². The molecule has 0 aliphatic heterocycles. The lowest BCUT2D eigenvalue weighted by Gasteiger charge is -2.05. The minimum Gasteiger partial charge on any atom is -0.399 e. The smallest absolute Gasteiger partial charge is 0.326 e. The van der Waals surface area contributed by atoms with Crippen LogP contribution in [0.2, 0.25) is 0 Å². The van der Waals surface area contributed by atoms with E-state index in [1.807, 2.05) is 0 Å². The molecule has 2 rings (SSSR count). The first-order chi connectivity index (χ1) is 7.74. The van der Waals surface area contributed by atoms with Crippen molar-refractivity contribution in [1.29, 1.82) is 0 Å². The highest BCUT2D eigenvalue weighted by molar-refractivity contribution is 5.98. The Labute approximate surface area is 91.1 Å². The zero-order chi connectivity index (χ0) is 11.4. The first kappa shape index (κ1) is 9.97. The van der Waals surface area contributed by atoms with Crippen molar-refractivity contribution < 1.29 is 4.79 Å². The van der Waals surface area contributed by atoms with Gasteiger partial charge in [0.25, 0.3) is 0 Å². The molecule has 0 bridgehead atoms. The topological polar surface area (TPSA) is 109 Å². The molecule has 2 aromatic rings. The first-order valence-corrected chi connectivity index (χ1v) is 4.53. The molecule has 7 nitrogen and oxygen atoms in total. The van der Waals surface area contributed by atoms with Crippen molar-refractivity contribution >= 4 is 23.4 Å². The number of amides is 2. The largest absolute Gasteiger partial charge is 0.399 e. The second kappa shape index (κ2) is 4.30. The van der Waals surface area contributed by atoms with Crippen LogP contribution in [0.25, 0.3) is 0 Å². The highest BCUT2D eigenvalue weighted by Crippen LogP contribution is 2.10. The molecule has 1 aromatic heterocycles. The number of benzene rings is 1. The number of nitrogen functional groups attached to an aromatic ring is 1. The third-order valence-electron chi connectivity index (χ3n) is 1.82. The first-order valence-electron chi connectivity index (χ1n) is 4.53. The lowest BCUT2D eigenvalue weighted by molar-refractivity contribution is 0.262. The summed E-state index contributed by atoms with van der Waals surface area (Å²) in [5.41, 5.74) is 6.80. The summed E-state index contributed by atoms with van der Waals surface area (Å²) in [6, 6.07) is 6.40. The Hall–Kier alpha value is -2.57. The Morgan fingerprint density at radius 2 is 2.00 bits per heavy atom. The molecule has 0 radical (unpaired) electrons. The number of hydrogen-bond donors (Lipinski definition) is 4. The van der Waals surface area contributed by atoms with Crippen LogP contribution in [0.4, 0.5) is 22.1 Å². The number of aromatic nitrogens is 3. The molecular formula is C9H10N6O. The summed E-state index contributed by atoms with van der Waals surface area (Å²) in [5, 5.41) is 11.2. The Morgan fingerprint density at radius 3 is 2.62 bits per heavy atom.